The number of aromatic nitrogens is 3. The number of methoxy groups -OCH3 is 2. The minimum atomic E-state index is -0.991. The van der Waals surface area contributed by atoms with Gasteiger partial charge in [-0.15, -0.1) is 10.2 Å². The second kappa shape index (κ2) is 11.2. The minimum Gasteiger partial charge on any atom is -0.466 e. The molecule has 1 aliphatic rings. The average Bonchev–Trinajstić information content (AvgIpc) is 3.51. The Morgan fingerprint density at radius 2 is 1.66 bits per heavy atom. The second-order valence-corrected chi connectivity index (χ2v) is 9.00. The van der Waals surface area contributed by atoms with Crippen LogP contribution in [0.15, 0.2) is 100 Å². The van der Waals surface area contributed by atoms with Gasteiger partial charge < -0.3 is 19.6 Å². The Kier molecular flexibility index (Phi) is 7.30. The summed E-state index contributed by atoms with van der Waals surface area (Å²) in [6.45, 7) is 1.87. The molecule has 0 saturated carbocycles. The molecule has 3 heterocycles. The Morgan fingerprint density at radius 3 is 2.32 bits per heavy atom. The molecule has 0 bridgehead atoms. The number of pyridine rings is 1. The average molecular weight is 549 g/mol. The number of nitriles is 1. The predicted molar refractivity (Wildman–Crippen MR) is 147 cm³/mol. The Morgan fingerprint density at radius 1 is 0.976 bits per heavy atom. The fourth-order valence-corrected chi connectivity index (χ4v) is 4.72. The van der Waals surface area contributed by atoms with Crippen LogP contribution in [0.4, 0.5) is 5.69 Å². The topological polar surface area (TPSA) is 157 Å². The van der Waals surface area contributed by atoms with Crippen molar-refractivity contribution in [3.8, 4) is 29.0 Å². The summed E-state index contributed by atoms with van der Waals surface area (Å²) in [5.74, 6) is -2.38. The molecule has 204 valence electrons. The van der Waals surface area contributed by atoms with Crippen molar-refractivity contribution in [3.63, 3.8) is 0 Å². The number of rotatable bonds is 6. The van der Waals surface area contributed by atoms with Crippen LogP contribution in [0.25, 0.3) is 22.9 Å². The van der Waals surface area contributed by atoms with Gasteiger partial charge in [-0.05, 0) is 36.8 Å². The summed E-state index contributed by atoms with van der Waals surface area (Å²) in [4.78, 5) is 32.1. The zero-order valence-corrected chi connectivity index (χ0v) is 22.4. The second-order valence-electron chi connectivity index (χ2n) is 9.00. The van der Waals surface area contributed by atoms with E-state index in [1.807, 2.05) is 6.92 Å². The van der Waals surface area contributed by atoms with Gasteiger partial charge in [0.05, 0.1) is 48.6 Å². The summed E-state index contributed by atoms with van der Waals surface area (Å²) in [5, 5.41) is 18.7. The lowest BCUT2D eigenvalue weighted by Crippen LogP contribution is -2.41. The lowest BCUT2D eigenvalue weighted by Gasteiger charge is -2.36. The maximum Gasteiger partial charge on any atom is 0.355 e. The molecule has 4 aromatic rings. The highest BCUT2D eigenvalue weighted by Gasteiger charge is 2.43. The predicted octanol–water partition coefficient (Wildman–Crippen LogP) is 4.00. The Bertz CT molecular complexity index is 1740. The van der Waals surface area contributed by atoms with Crippen molar-refractivity contribution in [2.24, 2.45) is 5.73 Å². The molecule has 5 rings (SSSR count). The van der Waals surface area contributed by atoms with E-state index in [9.17, 15) is 14.9 Å². The van der Waals surface area contributed by atoms with E-state index in [0.717, 1.165) is 5.56 Å². The van der Waals surface area contributed by atoms with Gasteiger partial charge in [0.1, 0.15) is 11.5 Å². The fourth-order valence-electron chi connectivity index (χ4n) is 4.72. The lowest BCUT2D eigenvalue weighted by atomic mass is 9.80. The van der Waals surface area contributed by atoms with Crippen LogP contribution in [0.3, 0.4) is 0 Å². The number of hydrogen-bond donors (Lipinski definition) is 1. The maximum atomic E-state index is 13.5. The summed E-state index contributed by atoms with van der Waals surface area (Å²) >= 11 is 0. The van der Waals surface area contributed by atoms with Gasteiger partial charge in [0.15, 0.2) is 0 Å². The molecule has 2 aromatic carbocycles. The summed E-state index contributed by atoms with van der Waals surface area (Å²) in [6.07, 6.45) is 3.20. The van der Waals surface area contributed by atoms with Crippen molar-refractivity contribution in [1.82, 2.24) is 15.2 Å². The molecule has 2 aromatic heterocycles. The van der Waals surface area contributed by atoms with Gasteiger partial charge in [-0.1, -0.05) is 42.0 Å². The molecule has 0 amide bonds. The molecule has 0 spiro atoms. The van der Waals surface area contributed by atoms with Gasteiger partial charge in [0, 0.05) is 18.0 Å². The Hall–Kier alpha value is -5.76. The summed E-state index contributed by atoms with van der Waals surface area (Å²) in [5.41, 5.74) is 9.18. The van der Waals surface area contributed by atoms with Gasteiger partial charge in [-0.2, -0.15) is 5.26 Å². The number of carbonyl (C=O) groups excluding carboxylic acids is 2. The molecule has 41 heavy (non-hydrogen) atoms. The molecular weight excluding hydrogens is 524 g/mol. The molecule has 0 fully saturated rings. The molecule has 11 nitrogen and oxygen atoms in total. The van der Waals surface area contributed by atoms with Crippen molar-refractivity contribution in [1.29, 1.82) is 5.26 Å². The van der Waals surface area contributed by atoms with E-state index in [2.05, 4.69) is 21.3 Å². The molecule has 0 radical (unpaired) electrons. The number of esters is 2. The van der Waals surface area contributed by atoms with Crippen molar-refractivity contribution in [3.05, 3.63) is 107 Å². The van der Waals surface area contributed by atoms with E-state index in [-0.39, 0.29) is 34.4 Å². The van der Waals surface area contributed by atoms with Gasteiger partial charge >= 0.3 is 11.9 Å². The third kappa shape index (κ3) is 4.79. The number of nitrogens with zero attached hydrogens (tertiary/aromatic N) is 5. The summed E-state index contributed by atoms with van der Waals surface area (Å²) in [7, 11) is 2.38. The van der Waals surface area contributed by atoms with E-state index in [1.54, 1.807) is 73.1 Å². The van der Waals surface area contributed by atoms with Crippen LogP contribution in [0.1, 0.15) is 17.0 Å². The van der Waals surface area contributed by atoms with Crippen LogP contribution in [-0.2, 0) is 19.1 Å². The molecule has 2 N–H and O–H groups in total. The number of ether oxygens (including phenoxy) is 2. The molecule has 0 saturated heterocycles. The number of hydrogen-bond acceptors (Lipinski definition) is 11. The first-order valence-electron chi connectivity index (χ1n) is 12.4. The Balaban J connectivity index is 1.79. The van der Waals surface area contributed by atoms with Gasteiger partial charge in [-0.25, -0.2) is 9.59 Å². The lowest BCUT2D eigenvalue weighted by molar-refractivity contribution is -0.139. The molecule has 0 aliphatic carbocycles. The highest BCUT2D eigenvalue weighted by Crippen LogP contribution is 2.45. The maximum absolute atomic E-state index is 13.5. The third-order valence-corrected chi connectivity index (χ3v) is 6.59. The molecule has 1 unspecified atom stereocenters. The monoisotopic (exact) mass is 548 g/mol. The quantitative estimate of drug-likeness (QED) is 0.347. The number of allylic oxidation sites excluding steroid dienone is 1. The zero-order chi connectivity index (χ0) is 29.1. The van der Waals surface area contributed by atoms with Crippen molar-refractivity contribution < 1.29 is 23.5 Å². The van der Waals surface area contributed by atoms with Crippen LogP contribution in [-0.4, -0.2) is 41.3 Å². The summed E-state index contributed by atoms with van der Waals surface area (Å²) in [6, 6.07) is 19.6. The largest absolute Gasteiger partial charge is 0.466 e. The number of carbonyl (C=O) groups is 2. The van der Waals surface area contributed by atoms with Crippen LogP contribution in [0, 0.1) is 18.3 Å². The number of benzene rings is 2. The molecule has 1 aliphatic heterocycles. The first-order chi connectivity index (χ1) is 19.9. The van der Waals surface area contributed by atoms with Crippen LogP contribution < -0.4 is 10.6 Å². The van der Waals surface area contributed by atoms with Crippen molar-refractivity contribution in [2.75, 3.05) is 19.1 Å². The van der Waals surface area contributed by atoms with E-state index in [4.69, 9.17) is 19.6 Å². The van der Waals surface area contributed by atoms with Crippen LogP contribution >= 0.6 is 0 Å². The van der Waals surface area contributed by atoms with E-state index in [1.165, 1.54) is 19.1 Å². The highest BCUT2D eigenvalue weighted by molar-refractivity contribution is 6.07. The van der Waals surface area contributed by atoms with Gasteiger partial charge in [-0.3, -0.25) is 9.88 Å². The van der Waals surface area contributed by atoms with E-state index < -0.39 is 17.9 Å². The van der Waals surface area contributed by atoms with Crippen LogP contribution in [0.2, 0.25) is 0 Å². The fraction of sp³-hybridized carbons (Fsp3) is 0.133. The van der Waals surface area contributed by atoms with E-state index >= 15 is 0 Å². The number of anilines is 1. The Labute approximate surface area is 235 Å². The minimum absolute atomic E-state index is 0.0405. The summed E-state index contributed by atoms with van der Waals surface area (Å²) < 4.78 is 16.3. The smallest absolute Gasteiger partial charge is 0.355 e. The van der Waals surface area contributed by atoms with Crippen LogP contribution in [0.5, 0.6) is 0 Å². The zero-order valence-electron chi connectivity index (χ0n) is 22.4. The third-order valence-electron chi connectivity index (χ3n) is 6.59. The SMILES string of the molecule is COC(=O)C1=C(C(=O)OC)N(c2ccc(C)cc2-c2nnc(-c3ccncc3)o2)C(N)=C(C#N)C1c1ccccc1. The van der Waals surface area contributed by atoms with E-state index in [0.29, 0.717) is 22.4 Å². The normalized spacial score (nSPS) is 15.0. The number of aryl methyl sites for hydroxylation is 1. The molecule has 11 heteroatoms. The van der Waals surface area contributed by atoms with Gasteiger partial charge in [0.25, 0.3) is 0 Å². The van der Waals surface area contributed by atoms with Crippen molar-refractivity contribution >= 4 is 17.6 Å². The first-order valence-corrected chi connectivity index (χ1v) is 12.4. The molecule has 1 atom stereocenters. The molecular formula is C30H24N6O5. The first kappa shape index (κ1) is 26.8. The standard InChI is InChI=1S/C30H24N6O5/c1-17-9-10-22(20(15-17)28-35-34-27(41-28)19-11-13-33-14-12-19)36-25(30(38)40-3)24(29(37)39-2)23(21(16-31)26(36)32)18-7-5-4-6-8-18/h4-15,23H,32H2,1-3H3. The number of nitrogens with two attached hydrogens (primary N) is 1. The van der Waals surface area contributed by atoms with Gasteiger partial charge in [0.2, 0.25) is 11.8 Å². The highest BCUT2D eigenvalue weighted by atomic mass is 16.5. The van der Waals surface area contributed by atoms with Crippen molar-refractivity contribution in [2.45, 2.75) is 12.8 Å².